The molecule has 3 aliphatic carbocycles. The summed E-state index contributed by atoms with van der Waals surface area (Å²) in [6, 6.07) is 81.6. The quantitative estimate of drug-likeness (QED) is 0.152. The molecule has 1 aliphatic heterocycles. The second-order valence-corrected chi connectivity index (χ2v) is 18.6. The largest absolute Gasteiger partial charge is 0.484 e. The Bertz CT molecular complexity index is 3410. The van der Waals surface area contributed by atoms with Gasteiger partial charge in [0.2, 0.25) is 0 Å². The van der Waals surface area contributed by atoms with E-state index in [1.54, 1.807) is 0 Å². The summed E-state index contributed by atoms with van der Waals surface area (Å²) in [6.45, 7) is 4.74. The average molecular weight is 819 g/mol. The van der Waals surface area contributed by atoms with Gasteiger partial charge in [0.25, 0.3) is 0 Å². The summed E-state index contributed by atoms with van der Waals surface area (Å²) in [7, 11) is 0. The van der Waals surface area contributed by atoms with E-state index in [0.717, 1.165) is 5.75 Å². The first-order valence-corrected chi connectivity index (χ1v) is 22.8. The lowest BCUT2D eigenvalue weighted by molar-refractivity contribution is 0.281. The third-order valence-electron chi connectivity index (χ3n) is 15.0. The Morgan fingerprint density at radius 3 is 1.75 bits per heavy atom. The maximum Gasteiger partial charge on any atom is 0.135 e. The minimum atomic E-state index is -0.477. The van der Waals surface area contributed by atoms with E-state index in [9.17, 15) is 0 Å². The third kappa shape index (κ3) is 5.25. The van der Waals surface area contributed by atoms with E-state index in [0.29, 0.717) is 0 Å². The monoisotopic (exact) mass is 818 g/mol. The lowest BCUT2D eigenvalue weighted by Crippen LogP contribution is -2.39. The molecule has 0 fully saturated rings. The van der Waals surface area contributed by atoms with Gasteiger partial charge in [0.15, 0.2) is 0 Å². The summed E-state index contributed by atoms with van der Waals surface area (Å²) in [4.78, 5) is 0. The molecule has 1 heterocycles. The first-order chi connectivity index (χ1) is 31.5. The molecule has 3 atom stereocenters. The van der Waals surface area contributed by atoms with Gasteiger partial charge in [-0.25, -0.2) is 0 Å². The van der Waals surface area contributed by atoms with Crippen molar-refractivity contribution in [3.63, 3.8) is 0 Å². The molecule has 0 N–H and O–H groups in total. The molecule has 0 spiro atoms. The molecule has 4 aliphatic rings. The molecule has 0 aromatic heterocycles. The van der Waals surface area contributed by atoms with Crippen LogP contribution in [0.15, 0.2) is 218 Å². The standard InChI is InChI=1S/C63H46O/c1-62(2)54-28-16-14-26-48(54)50-33-31-43(37-56(50)62)60-47-25-13-12-20-41(47)36-53-52-35-32-44(39-58(52)64-61(53)60)59(40-18-6-3-7-19-40)42-30-34-51-49-27-15-17-29-55(49)63(57(51)38-42,45-21-8-4-9-22-45)46-23-10-5-11-24-46/h3-39,53,59,61H,1-2H3. The van der Waals surface area contributed by atoms with Gasteiger partial charge in [0, 0.05) is 28.4 Å². The van der Waals surface area contributed by atoms with Crippen molar-refractivity contribution in [1.82, 2.24) is 0 Å². The summed E-state index contributed by atoms with van der Waals surface area (Å²) in [5.41, 5.74) is 20.2. The summed E-state index contributed by atoms with van der Waals surface area (Å²) < 4.78 is 7.33. The smallest absolute Gasteiger partial charge is 0.135 e. The van der Waals surface area contributed by atoms with Crippen LogP contribution in [0.25, 0.3) is 33.9 Å². The van der Waals surface area contributed by atoms with Crippen molar-refractivity contribution >= 4 is 11.6 Å². The molecule has 0 saturated heterocycles. The summed E-state index contributed by atoms with van der Waals surface area (Å²) in [5, 5.41) is 2.52. The second-order valence-electron chi connectivity index (χ2n) is 18.6. The van der Waals surface area contributed by atoms with Gasteiger partial charge in [-0.15, -0.1) is 0 Å². The number of hydrogen-bond acceptors (Lipinski definition) is 1. The zero-order valence-corrected chi connectivity index (χ0v) is 36.0. The highest BCUT2D eigenvalue weighted by Crippen LogP contribution is 2.57. The van der Waals surface area contributed by atoms with Crippen LogP contribution in [0.5, 0.6) is 5.75 Å². The molecule has 0 saturated carbocycles. The molecule has 64 heavy (non-hydrogen) atoms. The van der Waals surface area contributed by atoms with Gasteiger partial charge in [-0.1, -0.05) is 226 Å². The lowest BCUT2D eigenvalue weighted by Gasteiger charge is -2.34. The van der Waals surface area contributed by atoms with Crippen molar-refractivity contribution in [3.05, 3.63) is 290 Å². The molecule has 9 aromatic carbocycles. The SMILES string of the molecule is CC1(C)c2ccccc2-c2ccc(C3=c4ccccc4=CC4c5ccc(C(c6ccccc6)c6ccc7c(c6)C(c6ccccc6)(c6ccccc6)c6ccccc6-7)cc5OC34)cc21. The fourth-order valence-corrected chi connectivity index (χ4v) is 12.2. The fourth-order valence-electron chi connectivity index (χ4n) is 12.2. The van der Waals surface area contributed by atoms with Crippen LogP contribution in [0.4, 0.5) is 0 Å². The van der Waals surface area contributed by atoms with Crippen molar-refractivity contribution in [2.75, 3.05) is 0 Å². The molecular formula is C63H46O. The highest BCUT2D eigenvalue weighted by molar-refractivity contribution is 5.87. The van der Waals surface area contributed by atoms with E-state index < -0.39 is 5.41 Å². The lowest BCUT2D eigenvalue weighted by atomic mass is 9.67. The van der Waals surface area contributed by atoms with E-state index in [4.69, 9.17) is 4.74 Å². The summed E-state index contributed by atoms with van der Waals surface area (Å²) in [6.07, 6.45) is 2.30. The van der Waals surface area contributed by atoms with Gasteiger partial charge in [-0.2, -0.15) is 0 Å². The molecule has 3 unspecified atom stereocenters. The van der Waals surface area contributed by atoms with Crippen molar-refractivity contribution in [3.8, 4) is 28.0 Å². The second kappa shape index (κ2) is 14.0. The van der Waals surface area contributed by atoms with Crippen LogP contribution in [0.3, 0.4) is 0 Å². The minimum Gasteiger partial charge on any atom is -0.484 e. The van der Waals surface area contributed by atoms with Crippen LogP contribution in [-0.4, -0.2) is 6.10 Å². The summed E-state index contributed by atoms with van der Waals surface area (Å²) >= 11 is 0. The highest BCUT2D eigenvalue weighted by Gasteiger charge is 2.47. The van der Waals surface area contributed by atoms with Crippen molar-refractivity contribution < 1.29 is 4.74 Å². The Kier molecular flexibility index (Phi) is 8.13. The van der Waals surface area contributed by atoms with Gasteiger partial charge >= 0.3 is 0 Å². The zero-order valence-electron chi connectivity index (χ0n) is 36.0. The highest BCUT2D eigenvalue weighted by atomic mass is 16.5. The minimum absolute atomic E-state index is 0.0267. The maximum atomic E-state index is 7.33. The Labute approximate surface area is 375 Å². The van der Waals surface area contributed by atoms with Crippen molar-refractivity contribution in [2.45, 2.75) is 42.6 Å². The molecule has 0 bridgehead atoms. The first-order valence-electron chi connectivity index (χ1n) is 22.8. The van der Waals surface area contributed by atoms with E-state index >= 15 is 0 Å². The van der Waals surface area contributed by atoms with Crippen LogP contribution >= 0.6 is 0 Å². The zero-order chi connectivity index (χ0) is 42.6. The van der Waals surface area contributed by atoms with Crippen LogP contribution in [0.1, 0.15) is 86.9 Å². The topological polar surface area (TPSA) is 9.23 Å². The maximum absolute atomic E-state index is 7.33. The predicted molar refractivity (Wildman–Crippen MR) is 261 cm³/mol. The van der Waals surface area contributed by atoms with Gasteiger partial charge in [0.1, 0.15) is 11.9 Å². The molecule has 0 radical (unpaired) electrons. The van der Waals surface area contributed by atoms with E-state index in [1.165, 1.54) is 99.5 Å². The van der Waals surface area contributed by atoms with Crippen LogP contribution in [0, 0.1) is 0 Å². The van der Waals surface area contributed by atoms with Crippen LogP contribution in [-0.2, 0) is 10.8 Å². The van der Waals surface area contributed by atoms with Crippen LogP contribution in [0.2, 0.25) is 0 Å². The van der Waals surface area contributed by atoms with Gasteiger partial charge in [-0.05, 0) is 100 Å². The Hall–Kier alpha value is -7.48. The molecule has 304 valence electrons. The number of hydrogen-bond donors (Lipinski definition) is 0. The van der Waals surface area contributed by atoms with E-state index in [1.807, 2.05) is 0 Å². The first kappa shape index (κ1) is 37.1. The third-order valence-corrected chi connectivity index (χ3v) is 15.0. The van der Waals surface area contributed by atoms with Crippen LogP contribution < -0.4 is 15.2 Å². The summed E-state index contributed by atoms with van der Waals surface area (Å²) in [5.74, 6) is 1.04. The molecular weight excluding hydrogens is 773 g/mol. The van der Waals surface area contributed by atoms with E-state index in [-0.39, 0.29) is 23.4 Å². The van der Waals surface area contributed by atoms with Gasteiger partial charge in [-0.3, -0.25) is 0 Å². The normalized spacial score (nSPS) is 17.9. The average Bonchev–Trinajstić information content (AvgIpc) is 3.94. The van der Waals surface area contributed by atoms with Crippen molar-refractivity contribution in [1.29, 1.82) is 0 Å². The van der Waals surface area contributed by atoms with Crippen molar-refractivity contribution in [2.24, 2.45) is 0 Å². The number of ether oxygens (including phenoxy) is 1. The molecule has 0 amide bonds. The number of fused-ring (bicyclic) bond motifs is 10. The number of rotatable bonds is 6. The Morgan fingerprint density at radius 1 is 0.438 bits per heavy atom. The van der Waals surface area contributed by atoms with E-state index in [2.05, 4.69) is 238 Å². The Morgan fingerprint density at radius 2 is 1.00 bits per heavy atom. The molecule has 1 heteroatoms. The fraction of sp³-hybridized carbons (Fsp3) is 0.111. The molecule has 13 rings (SSSR count). The molecule has 9 aromatic rings. The number of benzene rings is 9. The van der Waals surface area contributed by atoms with Gasteiger partial charge < -0.3 is 4.74 Å². The Balaban J connectivity index is 0.955. The molecule has 1 nitrogen and oxygen atoms in total. The predicted octanol–water partition coefficient (Wildman–Crippen LogP) is 13.1. The van der Waals surface area contributed by atoms with Gasteiger partial charge in [0.05, 0.1) is 5.41 Å².